The highest BCUT2D eigenvalue weighted by Crippen LogP contribution is 2.12. The SMILES string of the molecule is CC[NH+](CC(=O)Nc1ccccc1C)Cc1nc2ccccc2c(=O)[nH]1. The zero-order valence-electron chi connectivity index (χ0n) is 15.0. The number of hydrogen-bond donors (Lipinski definition) is 3. The second-order valence-electron chi connectivity index (χ2n) is 6.35. The molecule has 3 rings (SSSR count). The van der Waals surface area contributed by atoms with Crippen LogP contribution in [-0.4, -0.2) is 29.0 Å². The third-order valence-electron chi connectivity index (χ3n) is 4.41. The molecular weight excluding hydrogens is 328 g/mol. The molecule has 0 radical (unpaired) electrons. The Morgan fingerprint density at radius 3 is 2.65 bits per heavy atom. The van der Waals surface area contributed by atoms with Crippen LogP contribution in [0, 0.1) is 6.92 Å². The van der Waals surface area contributed by atoms with Crippen LogP contribution < -0.4 is 15.8 Å². The van der Waals surface area contributed by atoms with Crippen LogP contribution >= 0.6 is 0 Å². The van der Waals surface area contributed by atoms with Crippen molar-refractivity contribution in [2.24, 2.45) is 0 Å². The molecule has 0 fully saturated rings. The summed E-state index contributed by atoms with van der Waals surface area (Å²) in [4.78, 5) is 32.9. The number of hydrogen-bond acceptors (Lipinski definition) is 3. The smallest absolute Gasteiger partial charge is 0.279 e. The van der Waals surface area contributed by atoms with E-state index >= 15 is 0 Å². The molecule has 1 aromatic heterocycles. The molecule has 0 spiro atoms. The lowest BCUT2D eigenvalue weighted by Gasteiger charge is -2.17. The molecule has 3 aromatic rings. The molecule has 1 unspecified atom stereocenters. The highest BCUT2D eigenvalue weighted by atomic mass is 16.2. The van der Waals surface area contributed by atoms with Crippen LogP contribution in [0.15, 0.2) is 53.3 Å². The third-order valence-corrected chi connectivity index (χ3v) is 4.41. The number of benzene rings is 2. The van der Waals surface area contributed by atoms with Crippen LogP contribution in [0.25, 0.3) is 10.9 Å². The number of quaternary nitrogens is 1. The summed E-state index contributed by atoms with van der Waals surface area (Å²) < 4.78 is 0. The van der Waals surface area contributed by atoms with Gasteiger partial charge in [-0.15, -0.1) is 0 Å². The Kier molecular flexibility index (Phi) is 5.43. The molecule has 1 amide bonds. The van der Waals surface area contributed by atoms with Gasteiger partial charge in [-0.3, -0.25) is 9.59 Å². The van der Waals surface area contributed by atoms with Crippen LogP contribution in [0.5, 0.6) is 0 Å². The first kappa shape index (κ1) is 17.8. The summed E-state index contributed by atoms with van der Waals surface area (Å²) in [5, 5.41) is 3.53. The summed E-state index contributed by atoms with van der Waals surface area (Å²) in [5.41, 5.74) is 2.38. The molecule has 0 saturated heterocycles. The maximum absolute atomic E-state index is 12.4. The minimum absolute atomic E-state index is 0.0562. The average Bonchev–Trinajstić information content (AvgIpc) is 2.63. The van der Waals surface area contributed by atoms with E-state index in [2.05, 4.69) is 15.3 Å². The number of likely N-dealkylation sites (N-methyl/N-ethyl adjacent to an activating group) is 1. The van der Waals surface area contributed by atoms with Gasteiger partial charge in [0, 0.05) is 5.69 Å². The minimum Gasteiger partial charge on any atom is -0.321 e. The van der Waals surface area contributed by atoms with Crippen LogP contribution in [0.1, 0.15) is 18.3 Å². The molecule has 1 heterocycles. The number of H-pyrrole nitrogens is 1. The van der Waals surface area contributed by atoms with E-state index in [0.29, 0.717) is 29.8 Å². The lowest BCUT2D eigenvalue weighted by Crippen LogP contribution is -3.11. The summed E-state index contributed by atoms with van der Waals surface area (Å²) in [7, 11) is 0. The van der Waals surface area contributed by atoms with Crippen molar-refractivity contribution >= 4 is 22.5 Å². The molecule has 6 heteroatoms. The van der Waals surface area contributed by atoms with Gasteiger partial charge < -0.3 is 15.2 Å². The standard InChI is InChI=1S/C20H22N4O2/c1-3-24(13-19(25)22-16-10-6-4-8-14(16)2)12-18-21-17-11-7-5-9-15(17)20(26)23-18/h4-11H,3,12-13H2,1-2H3,(H,22,25)(H,21,23,26)/p+1. The second kappa shape index (κ2) is 7.93. The van der Waals surface area contributed by atoms with Crippen molar-refractivity contribution in [3.63, 3.8) is 0 Å². The molecule has 0 aliphatic heterocycles. The zero-order chi connectivity index (χ0) is 18.5. The Balaban J connectivity index is 1.70. The number of para-hydroxylation sites is 2. The number of amides is 1. The van der Waals surface area contributed by atoms with Crippen LogP contribution in [0.2, 0.25) is 0 Å². The van der Waals surface area contributed by atoms with Gasteiger partial charge >= 0.3 is 0 Å². The Labute approximate surface area is 151 Å². The van der Waals surface area contributed by atoms with Gasteiger partial charge in [-0.25, -0.2) is 4.98 Å². The monoisotopic (exact) mass is 351 g/mol. The van der Waals surface area contributed by atoms with E-state index in [0.717, 1.165) is 22.7 Å². The predicted molar refractivity (Wildman–Crippen MR) is 102 cm³/mol. The Bertz CT molecular complexity index is 981. The molecule has 0 bridgehead atoms. The Morgan fingerprint density at radius 2 is 1.88 bits per heavy atom. The fraction of sp³-hybridized carbons (Fsp3) is 0.250. The molecule has 1 atom stereocenters. The van der Waals surface area contributed by atoms with Crippen LogP contribution in [0.4, 0.5) is 5.69 Å². The van der Waals surface area contributed by atoms with Crippen molar-refractivity contribution in [3.8, 4) is 0 Å². The van der Waals surface area contributed by atoms with E-state index < -0.39 is 0 Å². The first-order chi connectivity index (χ1) is 12.6. The number of nitrogens with zero attached hydrogens (tertiary/aromatic N) is 1. The van der Waals surface area contributed by atoms with Gasteiger partial charge in [-0.05, 0) is 37.6 Å². The van der Waals surface area contributed by atoms with Crippen molar-refractivity contribution in [3.05, 3.63) is 70.3 Å². The number of aromatic nitrogens is 2. The van der Waals surface area contributed by atoms with Gasteiger partial charge in [0.25, 0.3) is 11.5 Å². The van der Waals surface area contributed by atoms with Crippen molar-refractivity contribution in [1.29, 1.82) is 0 Å². The summed E-state index contributed by atoms with van der Waals surface area (Å²) in [6.07, 6.45) is 0. The summed E-state index contributed by atoms with van der Waals surface area (Å²) >= 11 is 0. The van der Waals surface area contributed by atoms with E-state index in [4.69, 9.17) is 0 Å². The molecule has 134 valence electrons. The number of fused-ring (bicyclic) bond motifs is 1. The molecule has 3 N–H and O–H groups in total. The van der Waals surface area contributed by atoms with Crippen molar-refractivity contribution < 1.29 is 9.69 Å². The third kappa shape index (κ3) is 4.15. The molecule has 0 aliphatic rings. The number of anilines is 1. The van der Waals surface area contributed by atoms with Crippen molar-refractivity contribution in [2.45, 2.75) is 20.4 Å². The van der Waals surface area contributed by atoms with Gasteiger partial charge in [0.2, 0.25) is 0 Å². The van der Waals surface area contributed by atoms with Crippen LogP contribution in [-0.2, 0) is 11.3 Å². The fourth-order valence-electron chi connectivity index (χ4n) is 2.90. The summed E-state index contributed by atoms with van der Waals surface area (Å²) in [6.45, 7) is 5.51. The summed E-state index contributed by atoms with van der Waals surface area (Å²) in [5.74, 6) is 0.536. The quantitative estimate of drug-likeness (QED) is 0.626. The number of aromatic amines is 1. The number of nitrogens with one attached hydrogen (secondary N) is 3. The molecular formula is C20H23N4O2+. The lowest BCUT2D eigenvalue weighted by molar-refractivity contribution is -0.904. The molecule has 0 saturated carbocycles. The van der Waals surface area contributed by atoms with Gasteiger partial charge in [0.05, 0.1) is 17.4 Å². The Morgan fingerprint density at radius 1 is 1.15 bits per heavy atom. The lowest BCUT2D eigenvalue weighted by atomic mass is 10.2. The normalized spacial score (nSPS) is 12.1. The molecule has 0 aliphatic carbocycles. The maximum Gasteiger partial charge on any atom is 0.279 e. The van der Waals surface area contributed by atoms with E-state index in [1.54, 1.807) is 6.07 Å². The number of rotatable bonds is 6. The highest BCUT2D eigenvalue weighted by molar-refractivity contribution is 5.92. The number of carbonyl (C=O) groups is 1. The van der Waals surface area contributed by atoms with E-state index in [-0.39, 0.29) is 11.5 Å². The topological polar surface area (TPSA) is 79.3 Å². The van der Waals surface area contributed by atoms with Crippen LogP contribution in [0.3, 0.4) is 0 Å². The van der Waals surface area contributed by atoms with Gasteiger partial charge in [-0.1, -0.05) is 30.3 Å². The first-order valence-corrected chi connectivity index (χ1v) is 8.74. The van der Waals surface area contributed by atoms with Crippen molar-refractivity contribution in [2.75, 3.05) is 18.4 Å². The zero-order valence-corrected chi connectivity index (χ0v) is 15.0. The predicted octanol–water partition coefficient (Wildman–Crippen LogP) is 1.28. The molecule has 6 nitrogen and oxygen atoms in total. The van der Waals surface area contributed by atoms with E-state index in [9.17, 15) is 9.59 Å². The minimum atomic E-state index is -0.148. The van der Waals surface area contributed by atoms with Gasteiger partial charge in [0.15, 0.2) is 12.4 Å². The van der Waals surface area contributed by atoms with Crippen molar-refractivity contribution in [1.82, 2.24) is 9.97 Å². The second-order valence-corrected chi connectivity index (χ2v) is 6.35. The Hall–Kier alpha value is -2.99. The average molecular weight is 351 g/mol. The first-order valence-electron chi connectivity index (χ1n) is 8.74. The number of carbonyl (C=O) groups excluding carboxylic acids is 1. The molecule has 2 aromatic carbocycles. The maximum atomic E-state index is 12.4. The van der Waals surface area contributed by atoms with Gasteiger partial charge in [-0.2, -0.15) is 0 Å². The largest absolute Gasteiger partial charge is 0.321 e. The summed E-state index contributed by atoms with van der Waals surface area (Å²) in [6, 6.07) is 14.9. The van der Waals surface area contributed by atoms with E-state index in [1.165, 1.54) is 0 Å². The fourth-order valence-corrected chi connectivity index (χ4v) is 2.90. The molecule has 26 heavy (non-hydrogen) atoms. The van der Waals surface area contributed by atoms with E-state index in [1.807, 2.05) is 56.3 Å². The number of aryl methyl sites for hydroxylation is 1. The highest BCUT2D eigenvalue weighted by Gasteiger charge is 2.16. The van der Waals surface area contributed by atoms with Gasteiger partial charge in [0.1, 0.15) is 6.54 Å².